The summed E-state index contributed by atoms with van der Waals surface area (Å²) in [5, 5.41) is 14.2. The fraction of sp³-hybridized carbons (Fsp3) is 0.130. The summed E-state index contributed by atoms with van der Waals surface area (Å²) in [5.41, 5.74) is 2.92. The molecule has 2 aromatic carbocycles. The molecule has 2 aromatic heterocycles. The molecule has 162 valence electrons. The minimum Gasteiger partial charge on any atom is -0.348 e. The first kappa shape index (κ1) is 21.5. The first-order chi connectivity index (χ1) is 15.5. The highest BCUT2D eigenvalue weighted by Crippen LogP contribution is 2.19. The smallest absolute Gasteiger partial charge is 0.253 e. The molecule has 0 saturated carbocycles. The van der Waals surface area contributed by atoms with E-state index in [2.05, 4.69) is 20.8 Å². The van der Waals surface area contributed by atoms with Crippen LogP contribution in [0.25, 0.3) is 5.65 Å². The molecule has 32 heavy (non-hydrogen) atoms. The summed E-state index contributed by atoms with van der Waals surface area (Å²) in [6.07, 6.45) is 1.64. The van der Waals surface area contributed by atoms with E-state index in [0.29, 0.717) is 34.2 Å². The van der Waals surface area contributed by atoms with Crippen molar-refractivity contribution in [2.45, 2.75) is 18.6 Å². The van der Waals surface area contributed by atoms with Gasteiger partial charge in [0.2, 0.25) is 5.91 Å². The summed E-state index contributed by atoms with van der Waals surface area (Å²) >= 11 is 1.17. The zero-order chi connectivity index (χ0) is 22.5. The van der Waals surface area contributed by atoms with Gasteiger partial charge in [0.15, 0.2) is 10.8 Å². The van der Waals surface area contributed by atoms with Crippen LogP contribution in [0.4, 0.5) is 10.1 Å². The fourth-order valence-corrected chi connectivity index (χ4v) is 3.70. The maximum absolute atomic E-state index is 13.7. The Balaban J connectivity index is 1.40. The van der Waals surface area contributed by atoms with Crippen LogP contribution < -0.4 is 10.6 Å². The van der Waals surface area contributed by atoms with Crippen LogP contribution >= 0.6 is 11.8 Å². The van der Waals surface area contributed by atoms with Crippen molar-refractivity contribution in [3.05, 3.63) is 89.4 Å². The molecule has 0 aliphatic rings. The van der Waals surface area contributed by atoms with E-state index in [-0.39, 0.29) is 23.4 Å². The van der Waals surface area contributed by atoms with Crippen molar-refractivity contribution in [1.29, 1.82) is 0 Å². The number of carbonyl (C=O) groups is 2. The topological polar surface area (TPSA) is 88.4 Å². The first-order valence-corrected chi connectivity index (χ1v) is 10.8. The number of hydrogen-bond donors (Lipinski definition) is 2. The Morgan fingerprint density at radius 2 is 1.88 bits per heavy atom. The van der Waals surface area contributed by atoms with Gasteiger partial charge in [-0.3, -0.25) is 14.0 Å². The van der Waals surface area contributed by atoms with E-state index in [0.717, 1.165) is 5.56 Å². The fourth-order valence-electron chi connectivity index (χ4n) is 2.98. The molecular formula is C23H20FN5O2S. The Kier molecular flexibility index (Phi) is 6.46. The first-order valence-electron chi connectivity index (χ1n) is 9.85. The van der Waals surface area contributed by atoms with E-state index in [9.17, 15) is 14.0 Å². The van der Waals surface area contributed by atoms with Gasteiger partial charge in [0.1, 0.15) is 5.82 Å². The van der Waals surface area contributed by atoms with Gasteiger partial charge in [0, 0.05) is 18.4 Å². The average molecular weight is 450 g/mol. The lowest BCUT2D eigenvalue weighted by atomic mass is 10.2. The van der Waals surface area contributed by atoms with Crippen molar-refractivity contribution in [2.24, 2.45) is 0 Å². The molecule has 7 nitrogen and oxygen atoms in total. The average Bonchev–Trinajstić information content (AvgIpc) is 3.21. The van der Waals surface area contributed by atoms with Crippen molar-refractivity contribution in [1.82, 2.24) is 19.9 Å². The molecule has 0 bridgehead atoms. The SMILES string of the molecule is Cc1ccc(NC(=O)CSc2nnc3ccc(C(=O)NCc4ccccc4)cn23)cc1F. The van der Waals surface area contributed by atoms with Gasteiger partial charge in [-0.2, -0.15) is 0 Å². The molecule has 9 heteroatoms. The van der Waals surface area contributed by atoms with Crippen LogP contribution in [0.2, 0.25) is 0 Å². The van der Waals surface area contributed by atoms with Gasteiger partial charge in [0.25, 0.3) is 5.91 Å². The minimum absolute atomic E-state index is 0.0563. The normalized spacial score (nSPS) is 10.8. The van der Waals surface area contributed by atoms with Gasteiger partial charge < -0.3 is 10.6 Å². The third-order valence-electron chi connectivity index (χ3n) is 4.72. The molecule has 2 heterocycles. The predicted molar refractivity (Wildman–Crippen MR) is 121 cm³/mol. The van der Waals surface area contributed by atoms with Crippen molar-refractivity contribution in [2.75, 3.05) is 11.1 Å². The van der Waals surface area contributed by atoms with E-state index in [1.807, 2.05) is 30.3 Å². The molecule has 2 amide bonds. The highest BCUT2D eigenvalue weighted by molar-refractivity contribution is 7.99. The summed E-state index contributed by atoms with van der Waals surface area (Å²) < 4.78 is 15.3. The maximum atomic E-state index is 13.7. The third-order valence-corrected chi connectivity index (χ3v) is 5.66. The van der Waals surface area contributed by atoms with Gasteiger partial charge in [-0.05, 0) is 42.3 Å². The maximum Gasteiger partial charge on any atom is 0.253 e. The van der Waals surface area contributed by atoms with Crippen molar-refractivity contribution in [3.8, 4) is 0 Å². The summed E-state index contributed by atoms with van der Waals surface area (Å²) in [6.45, 7) is 2.07. The lowest BCUT2D eigenvalue weighted by molar-refractivity contribution is -0.113. The number of amides is 2. The second kappa shape index (κ2) is 9.61. The Labute approximate surface area is 188 Å². The standard InChI is InChI=1S/C23H20FN5O2S/c1-15-7-9-18(11-19(15)24)26-21(30)14-32-23-28-27-20-10-8-17(13-29(20)23)22(31)25-12-16-5-3-2-4-6-16/h2-11,13H,12,14H2,1H3,(H,25,31)(H,26,30). The summed E-state index contributed by atoms with van der Waals surface area (Å²) in [7, 11) is 0. The molecule has 0 fully saturated rings. The Hall–Kier alpha value is -3.72. The number of benzene rings is 2. The summed E-state index contributed by atoms with van der Waals surface area (Å²) in [4.78, 5) is 24.8. The molecule has 0 radical (unpaired) electrons. The lowest BCUT2D eigenvalue weighted by Gasteiger charge is -2.07. The number of hydrogen-bond acceptors (Lipinski definition) is 5. The number of aromatic nitrogens is 3. The highest BCUT2D eigenvalue weighted by atomic mass is 32.2. The number of anilines is 1. The largest absolute Gasteiger partial charge is 0.348 e. The van der Waals surface area contributed by atoms with Crippen molar-refractivity contribution < 1.29 is 14.0 Å². The van der Waals surface area contributed by atoms with Crippen molar-refractivity contribution in [3.63, 3.8) is 0 Å². The summed E-state index contributed by atoms with van der Waals surface area (Å²) in [5.74, 6) is -0.843. The van der Waals surface area contributed by atoms with Gasteiger partial charge >= 0.3 is 0 Å². The van der Waals surface area contributed by atoms with Crippen LogP contribution in [0.15, 0.2) is 72.0 Å². The number of pyridine rings is 1. The van der Waals surface area contributed by atoms with Crippen molar-refractivity contribution >= 4 is 34.9 Å². The summed E-state index contributed by atoms with van der Waals surface area (Å²) in [6, 6.07) is 17.5. The number of aryl methyl sites for hydroxylation is 1. The second-order valence-corrected chi connectivity index (χ2v) is 8.04. The monoisotopic (exact) mass is 449 g/mol. The van der Waals surface area contributed by atoms with Gasteiger partial charge in [-0.15, -0.1) is 10.2 Å². The Morgan fingerprint density at radius 3 is 2.66 bits per heavy atom. The van der Waals surface area contributed by atoms with E-state index in [4.69, 9.17) is 0 Å². The van der Waals surface area contributed by atoms with E-state index < -0.39 is 0 Å². The highest BCUT2D eigenvalue weighted by Gasteiger charge is 2.13. The number of nitrogens with zero attached hydrogens (tertiary/aromatic N) is 3. The number of nitrogens with one attached hydrogen (secondary N) is 2. The number of halogens is 1. The molecule has 0 spiro atoms. The number of fused-ring (bicyclic) bond motifs is 1. The van der Waals surface area contributed by atoms with Gasteiger partial charge in [-0.1, -0.05) is 48.2 Å². The van der Waals surface area contributed by atoms with Gasteiger partial charge in [0.05, 0.1) is 11.3 Å². The Morgan fingerprint density at radius 1 is 1.06 bits per heavy atom. The number of thioether (sulfide) groups is 1. The predicted octanol–water partition coefficient (Wildman–Crippen LogP) is 3.84. The lowest BCUT2D eigenvalue weighted by Crippen LogP contribution is -2.23. The van der Waals surface area contributed by atoms with Crippen LogP contribution in [0, 0.1) is 12.7 Å². The van der Waals surface area contributed by atoms with E-state index in [1.165, 1.54) is 17.8 Å². The van der Waals surface area contributed by atoms with E-state index >= 15 is 0 Å². The molecule has 4 aromatic rings. The van der Waals surface area contributed by atoms with Gasteiger partial charge in [-0.25, -0.2) is 4.39 Å². The molecule has 2 N–H and O–H groups in total. The molecule has 0 atom stereocenters. The molecule has 0 aliphatic carbocycles. The zero-order valence-electron chi connectivity index (χ0n) is 17.2. The molecule has 4 rings (SSSR count). The molecule has 0 unspecified atom stereocenters. The zero-order valence-corrected chi connectivity index (χ0v) is 18.0. The van der Waals surface area contributed by atoms with Crippen LogP contribution in [0.3, 0.4) is 0 Å². The molecule has 0 saturated heterocycles. The third kappa shape index (κ3) is 5.12. The quantitative estimate of drug-likeness (QED) is 0.419. The number of rotatable bonds is 7. The Bertz CT molecular complexity index is 1280. The second-order valence-electron chi connectivity index (χ2n) is 7.10. The molecular weight excluding hydrogens is 429 g/mol. The van der Waals surface area contributed by atoms with Crippen LogP contribution in [-0.2, 0) is 11.3 Å². The van der Waals surface area contributed by atoms with Crippen LogP contribution in [-0.4, -0.2) is 32.2 Å². The van der Waals surface area contributed by atoms with Crippen LogP contribution in [0.1, 0.15) is 21.5 Å². The number of carbonyl (C=O) groups excluding carboxylic acids is 2. The minimum atomic E-state index is -0.378. The van der Waals surface area contributed by atoms with E-state index in [1.54, 1.807) is 41.8 Å². The van der Waals surface area contributed by atoms with Crippen LogP contribution in [0.5, 0.6) is 0 Å². The molecule has 0 aliphatic heterocycles.